The van der Waals surface area contributed by atoms with E-state index < -0.39 is 17.8 Å². The molecule has 0 heterocycles. The summed E-state index contributed by atoms with van der Waals surface area (Å²) in [6.45, 7) is 1.93. The summed E-state index contributed by atoms with van der Waals surface area (Å²) < 4.78 is 5.32. The van der Waals surface area contributed by atoms with E-state index in [1.54, 1.807) is 36.4 Å². The van der Waals surface area contributed by atoms with E-state index in [0.717, 1.165) is 5.56 Å². The van der Waals surface area contributed by atoms with Crippen molar-refractivity contribution < 1.29 is 19.1 Å². The van der Waals surface area contributed by atoms with E-state index in [0.29, 0.717) is 28.1 Å². The summed E-state index contributed by atoms with van der Waals surface area (Å²) in [5, 5.41) is 14.9. The van der Waals surface area contributed by atoms with Gasteiger partial charge in [-0.1, -0.05) is 17.7 Å². The molecule has 0 saturated carbocycles. The lowest BCUT2D eigenvalue weighted by Crippen LogP contribution is -2.32. The first kappa shape index (κ1) is 21.9. The molecule has 0 unspecified atom stereocenters. The first-order valence-electron chi connectivity index (χ1n) is 9.48. The predicted octanol–water partition coefficient (Wildman–Crippen LogP) is 3.17. The van der Waals surface area contributed by atoms with Gasteiger partial charge in [0.05, 0.1) is 23.4 Å². The molecule has 0 aliphatic carbocycles. The van der Waals surface area contributed by atoms with Crippen LogP contribution in [0.4, 0.5) is 5.69 Å². The van der Waals surface area contributed by atoms with Crippen LogP contribution < -0.4 is 15.5 Å². The maximum absolute atomic E-state index is 12.1. The molecule has 3 aromatic rings. The van der Waals surface area contributed by atoms with Gasteiger partial charge in [0.15, 0.2) is 0 Å². The molecule has 0 aliphatic rings. The smallest absolute Gasteiger partial charge is 0.343 e. The number of anilines is 1. The Balaban J connectivity index is 1.50. The Bertz CT molecular complexity index is 1190. The van der Waals surface area contributed by atoms with Crippen molar-refractivity contribution in [3.8, 4) is 11.8 Å². The number of benzene rings is 3. The third-order valence-corrected chi connectivity index (χ3v) is 4.24. The van der Waals surface area contributed by atoms with Crippen molar-refractivity contribution in [1.82, 2.24) is 5.43 Å². The first-order valence-corrected chi connectivity index (χ1v) is 9.48. The fourth-order valence-electron chi connectivity index (χ4n) is 2.51. The highest BCUT2D eigenvalue weighted by Crippen LogP contribution is 2.14. The lowest BCUT2D eigenvalue weighted by atomic mass is 10.1. The highest BCUT2D eigenvalue weighted by atomic mass is 16.5. The van der Waals surface area contributed by atoms with Crippen molar-refractivity contribution in [3.63, 3.8) is 0 Å². The molecule has 158 valence electrons. The third-order valence-electron chi connectivity index (χ3n) is 4.24. The molecule has 0 fully saturated rings. The molecule has 0 saturated heterocycles. The van der Waals surface area contributed by atoms with Gasteiger partial charge in [-0.05, 0) is 73.2 Å². The molecule has 0 spiro atoms. The molecule has 0 aromatic heterocycles. The number of nitrogens with one attached hydrogen (secondary N) is 2. The number of nitriles is 1. The van der Waals surface area contributed by atoms with Gasteiger partial charge in [-0.2, -0.15) is 10.4 Å². The average molecular weight is 426 g/mol. The third kappa shape index (κ3) is 6.11. The monoisotopic (exact) mass is 426 g/mol. The number of hydrogen-bond donors (Lipinski definition) is 2. The highest BCUT2D eigenvalue weighted by Gasteiger charge is 2.13. The number of nitrogens with zero attached hydrogens (tertiary/aromatic N) is 2. The fraction of sp³-hybridized carbons (Fsp3) is 0.0417. The second-order valence-corrected chi connectivity index (χ2v) is 6.67. The van der Waals surface area contributed by atoms with Crippen LogP contribution in [-0.2, 0) is 9.59 Å². The van der Waals surface area contributed by atoms with Gasteiger partial charge in [0, 0.05) is 5.69 Å². The van der Waals surface area contributed by atoms with Crippen LogP contribution in [0.3, 0.4) is 0 Å². The maximum atomic E-state index is 12.1. The Kier molecular flexibility index (Phi) is 7.07. The van der Waals surface area contributed by atoms with Crippen LogP contribution in [0.15, 0.2) is 77.9 Å². The van der Waals surface area contributed by atoms with Gasteiger partial charge in [0.25, 0.3) is 0 Å². The number of hydrogen-bond acceptors (Lipinski definition) is 6. The number of rotatable bonds is 5. The molecule has 0 atom stereocenters. The van der Waals surface area contributed by atoms with Gasteiger partial charge in [0.2, 0.25) is 0 Å². The summed E-state index contributed by atoms with van der Waals surface area (Å²) in [5.41, 5.74) is 5.06. The summed E-state index contributed by atoms with van der Waals surface area (Å²) in [4.78, 5) is 35.9. The van der Waals surface area contributed by atoms with Gasteiger partial charge in [0.1, 0.15) is 5.75 Å². The van der Waals surface area contributed by atoms with Gasteiger partial charge < -0.3 is 10.1 Å². The van der Waals surface area contributed by atoms with Crippen molar-refractivity contribution in [1.29, 1.82) is 5.26 Å². The van der Waals surface area contributed by atoms with E-state index in [1.807, 2.05) is 25.1 Å². The molecule has 2 N–H and O–H groups in total. The summed E-state index contributed by atoms with van der Waals surface area (Å²) in [7, 11) is 0. The normalized spacial score (nSPS) is 10.2. The highest BCUT2D eigenvalue weighted by molar-refractivity contribution is 6.39. The Morgan fingerprint density at radius 1 is 0.906 bits per heavy atom. The zero-order chi connectivity index (χ0) is 22.9. The van der Waals surface area contributed by atoms with Gasteiger partial charge in [-0.25, -0.2) is 10.2 Å². The van der Waals surface area contributed by atoms with Gasteiger partial charge >= 0.3 is 17.8 Å². The number of carbonyl (C=O) groups is 3. The van der Waals surface area contributed by atoms with Crippen LogP contribution in [0.1, 0.15) is 27.0 Å². The van der Waals surface area contributed by atoms with Crippen molar-refractivity contribution in [3.05, 3.63) is 95.1 Å². The largest absolute Gasteiger partial charge is 0.423 e. The van der Waals surface area contributed by atoms with E-state index in [-0.39, 0.29) is 0 Å². The van der Waals surface area contributed by atoms with Crippen molar-refractivity contribution >= 4 is 29.7 Å². The summed E-state index contributed by atoms with van der Waals surface area (Å²) in [6.07, 6.45) is 1.35. The topological polar surface area (TPSA) is 121 Å². The molecule has 0 aliphatic heterocycles. The predicted molar refractivity (Wildman–Crippen MR) is 118 cm³/mol. The van der Waals surface area contributed by atoms with Crippen LogP contribution in [0.2, 0.25) is 0 Å². The minimum Gasteiger partial charge on any atom is -0.423 e. The Morgan fingerprint density at radius 2 is 1.56 bits per heavy atom. The van der Waals surface area contributed by atoms with Gasteiger partial charge in [-0.3, -0.25) is 9.59 Å². The fourth-order valence-corrected chi connectivity index (χ4v) is 2.51. The molecule has 0 radical (unpaired) electrons. The molecule has 2 amide bonds. The zero-order valence-corrected chi connectivity index (χ0v) is 17.0. The van der Waals surface area contributed by atoms with Crippen LogP contribution >= 0.6 is 0 Å². The molecule has 3 aromatic carbocycles. The number of amides is 2. The van der Waals surface area contributed by atoms with Crippen LogP contribution in [0, 0.1) is 18.3 Å². The van der Waals surface area contributed by atoms with Crippen molar-refractivity contribution in [2.24, 2.45) is 5.10 Å². The molecule has 3 rings (SSSR count). The molecule has 0 bridgehead atoms. The van der Waals surface area contributed by atoms with E-state index in [1.165, 1.54) is 30.5 Å². The van der Waals surface area contributed by atoms with E-state index in [9.17, 15) is 14.4 Å². The summed E-state index contributed by atoms with van der Waals surface area (Å²) >= 11 is 0. The Morgan fingerprint density at radius 3 is 2.19 bits per heavy atom. The second-order valence-electron chi connectivity index (χ2n) is 6.67. The summed E-state index contributed by atoms with van der Waals surface area (Å²) in [5.74, 6) is -1.95. The first-order chi connectivity index (χ1) is 15.4. The second kappa shape index (κ2) is 10.3. The molecular weight excluding hydrogens is 408 g/mol. The van der Waals surface area contributed by atoms with Gasteiger partial charge in [-0.15, -0.1) is 0 Å². The zero-order valence-electron chi connectivity index (χ0n) is 17.0. The molecule has 8 nitrogen and oxygen atoms in total. The molecule has 32 heavy (non-hydrogen) atoms. The molecular formula is C24H18N4O4. The number of ether oxygens (including phenoxy) is 1. The minimum absolute atomic E-state index is 0.360. The van der Waals surface area contributed by atoms with E-state index in [2.05, 4.69) is 15.8 Å². The number of aryl methyl sites for hydroxylation is 1. The summed E-state index contributed by atoms with van der Waals surface area (Å²) in [6, 6.07) is 21.5. The quantitative estimate of drug-likeness (QED) is 0.213. The number of carbonyl (C=O) groups excluding carboxylic acids is 3. The maximum Gasteiger partial charge on any atom is 0.343 e. The van der Waals surface area contributed by atoms with Crippen LogP contribution in [0.25, 0.3) is 0 Å². The number of hydrazone groups is 1. The van der Waals surface area contributed by atoms with Crippen LogP contribution in [0.5, 0.6) is 5.75 Å². The minimum atomic E-state index is -0.950. The standard InChI is InChI=1S/C24H18N4O4/c1-16-2-8-19(9-3-16)24(31)32-21-12-6-18(7-13-21)15-26-28-23(30)22(29)27-20-10-4-17(14-25)5-11-20/h2-13,15H,1H3,(H,27,29)(H,28,30). The van der Waals surface area contributed by atoms with Crippen molar-refractivity contribution in [2.75, 3.05) is 5.32 Å². The Hall–Kier alpha value is -4.77. The Labute approximate surface area is 184 Å². The van der Waals surface area contributed by atoms with Crippen molar-refractivity contribution in [2.45, 2.75) is 6.92 Å². The van der Waals surface area contributed by atoms with Crippen LogP contribution in [-0.4, -0.2) is 24.0 Å². The molecule has 8 heteroatoms. The van der Waals surface area contributed by atoms with E-state index in [4.69, 9.17) is 10.00 Å². The SMILES string of the molecule is Cc1ccc(C(=O)Oc2ccc(C=NNC(=O)C(=O)Nc3ccc(C#N)cc3)cc2)cc1. The van der Waals surface area contributed by atoms with E-state index >= 15 is 0 Å². The lowest BCUT2D eigenvalue weighted by molar-refractivity contribution is -0.136. The lowest BCUT2D eigenvalue weighted by Gasteiger charge is -2.05. The average Bonchev–Trinajstić information content (AvgIpc) is 2.81. The number of esters is 1.